The van der Waals surface area contributed by atoms with Gasteiger partial charge in [-0.1, -0.05) is 12.8 Å². The number of amides is 3. The molecule has 1 aliphatic carbocycles. The maximum Gasteiger partial charge on any atom is 0.315 e. The van der Waals surface area contributed by atoms with Gasteiger partial charge < -0.3 is 30.5 Å². The van der Waals surface area contributed by atoms with Gasteiger partial charge in [-0.25, -0.2) is 4.79 Å². The molecule has 3 atom stereocenters. The zero-order valence-corrected chi connectivity index (χ0v) is 15.0. The lowest BCUT2D eigenvalue weighted by molar-refractivity contribution is -0.130. The average molecular weight is 357 g/mol. The Hall–Kier alpha value is -1.38. The maximum absolute atomic E-state index is 12.1. The third-order valence-electron chi connectivity index (χ3n) is 4.84. The van der Waals surface area contributed by atoms with Gasteiger partial charge in [-0.15, -0.1) is 0 Å². The molecule has 0 unspecified atom stereocenters. The van der Waals surface area contributed by atoms with E-state index in [9.17, 15) is 14.7 Å². The minimum atomic E-state index is -0.486. The molecule has 144 valence electrons. The highest BCUT2D eigenvalue weighted by Crippen LogP contribution is 2.22. The molecule has 0 aromatic heterocycles. The van der Waals surface area contributed by atoms with Crippen LogP contribution < -0.4 is 16.0 Å². The van der Waals surface area contributed by atoms with E-state index >= 15 is 0 Å². The number of hydrogen-bond donors (Lipinski definition) is 4. The van der Waals surface area contributed by atoms with Crippen LogP contribution in [0.2, 0.25) is 0 Å². The van der Waals surface area contributed by atoms with Crippen molar-refractivity contribution in [3.8, 4) is 0 Å². The molecule has 25 heavy (non-hydrogen) atoms. The summed E-state index contributed by atoms with van der Waals surface area (Å²) in [6.07, 6.45) is 5.24. The fourth-order valence-corrected chi connectivity index (χ4v) is 3.48. The summed E-state index contributed by atoms with van der Waals surface area (Å²) in [6, 6.07) is -0.186. The number of carbonyl (C=O) groups excluding carboxylic acids is 2. The van der Waals surface area contributed by atoms with Gasteiger partial charge >= 0.3 is 6.03 Å². The van der Waals surface area contributed by atoms with Crippen LogP contribution in [0, 0.1) is 0 Å². The molecular weight excluding hydrogens is 326 g/mol. The summed E-state index contributed by atoms with van der Waals surface area (Å²) in [5.74, 6) is -0.0934. The second-order valence-corrected chi connectivity index (χ2v) is 6.81. The van der Waals surface area contributed by atoms with Crippen LogP contribution >= 0.6 is 0 Å². The summed E-state index contributed by atoms with van der Waals surface area (Å²) in [6.45, 7) is 0.756. The number of hydrogen-bond acceptors (Lipinski definition) is 5. The third-order valence-corrected chi connectivity index (χ3v) is 4.84. The van der Waals surface area contributed by atoms with E-state index in [1.54, 1.807) is 7.11 Å². The van der Waals surface area contributed by atoms with E-state index < -0.39 is 6.10 Å². The molecule has 0 bridgehead atoms. The van der Waals surface area contributed by atoms with E-state index in [-0.39, 0.29) is 43.2 Å². The van der Waals surface area contributed by atoms with Gasteiger partial charge in [-0.3, -0.25) is 4.79 Å². The largest absolute Gasteiger partial charge is 0.394 e. The van der Waals surface area contributed by atoms with Crippen LogP contribution in [-0.4, -0.2) is 68.2 Å². The Morgan fingerprint density at radius 2 is 1.92 bits per heavy atom. The third kappa shape index (κ3) is 6.80. The second-order valence-electron chi connectivity index (χ2n) is 6.81. The smallest absolute Gasteiger partial charge is 0.315 e. The Kier molecular flexibility index (Phi) is 8.43. The van der Waals surface area contributed by atoms with Crippen molar-refractivity contribution in [3.63, 3.8) is 0 Å². The van der Waals surface area contributed by atoms with E-state index in [0.717, 1.165) is 25.7 Å². The van der Waals surface area contributed by atoms with E-state index in [1.807, 2.05) is 0 Å². The van der Waals surface area contributed by atoms with Crippen LogP contribution in [0.1, 0.15) is 44.9 Å². The number of aliphatic hydroxyl groups excluding tert-OH is 1. The van der Waals surface area contributed by atoms with E-state index in [4.69, 9.17) is 9.47 Å². The maximum atomic E-state index is 12.1. The molecule has 1 saturated heterocycles. The number of rotatable bonds is 8. The van der Waals surface area contributed by atoms with Crippen LogP contribution in [0.25, 0.3) is 0 Å². The van der Waals surface area contributed by atoms with Gasteiger partial charge in [0, 0.05) is 19.7 Å². The monoisotopic (exact) mass is 357 g/mol. The fourth-order valence-electron chi connectivity index (χ4n) is 3.48. The number of methoxy groups -OCH3 is 1. The van der Waals surface area contributed by atoms with Gasteiger partial charge in [0.2, 0.25) is 5.91 Å². The minimum absolute atomic E-state index is 0.0934. The molecule has 2 fully saturated rings. The summed E-state index contributed by atoms with van der Waals surface area (Å²) < 4.78 is 10.7. The summed E-state index contributed by atoms with van der Waals surface area (Å²) >= 11 is 0. The average Bonchev–Trinajstić information content (AvgIpc) is 3.09. The zero-order chi connectivity index (χ0) is 18.1. The van der Waals surface area contributed by atoms with Crippen LogP contribution in [-0.2, 0) is 14.3 Å². The van der Waals surface area contributed by atoms with Crippen LogP contribution in [0.3, 0.4) is 0 Å². The van der Waals surface area contributed by atoms with Crippen molar-refractivity contribution in [2.45, 2.75) is 69.2 Å². The first-order valence-electron chi connectivity index (χ1n) is 9.21. The molecule has 0 aromatic rings. The van der Waals surface area contributed by atoms with Gasteiger partial charge in [-0.2, -0.15) is 0 Å². The van der Waals surface area contributed by atoms with Crippen molar-refractivity contribution in [1.29, 1.82) is 0 Å². The van der Waals surface area contributed by atoms with Crippen molar-refractivity contribution in [2.75, 3.05) is 26.9 Å². The molecule has 1 saturated carbocycles. The van der Waals surface area contributed by atoms with Crippen molar-refractivity contribution in [1.82, 2.24) is 16.0 Å². The lowest BCUT2D eigenvalue weighted by Crippen LogP contribution is -2.54. The van der Waals surface area contributed by atoms with E-state index in [0.29, 0.717) is 26.0 Å². The summed E-state index contributed by atoms with van der Waals surface area (Å²) in [4.78, 5) is 23.9. The highest BCUT2D eigenvalue weighted by atomic mass is 16.5. The molecule has 8 heteroatoms. The van der Waals surface area contributed by atoms with Gasteiger partial charge in [-0.05, 0) is 25.7 Å². The molecule has 4 N–H and O–H groups in total. The van der Waals surface area contributed by atoms with Gasteiger partial charge in [0.1, 0.15) is 6.10 Å². The van der Waals surface area contributed by atoms with Crippen molar-refractivity contribution < 1.29 is 24.2 Å². The molecule has 8 nitrogen and oxygen atoms in total. The number of urea groups is 1. The molecule has 3 amide bonds. The lowest BCUT2D eigenvalue weighted by Gasteiger charge is -2.36. The predicted octanol–water partition coefficient (Wildman–Crippen LogP) is 0.289. The Labute approximate surface area is 149 Å². The molecule has 2 aliphatic rings. The molecule has 1 aliphatic heterocycles. The summed E-state index contributed by atoms with van der Waals surface area (Å²) in [5.41, 5.74) is 0. The fraction of sp³-hybridized carbons (Fsp3) is 0.882. The minimum Gasteiger partial charge on any atom is -0.394 e. The first kappa shape index (κ1) is 19.9. The first-order valence-corrected chi connectivity index (χ1v) is 9.21. The van der Waals surface area contributed by atoms with E-state index in [1.165, 1.54) is 0 Å². The molecular formula is C17H31N3O5. The normalized spacial score (nSPS) is 27.0. The van der Waals surface area contributed by atoms with Crippen molar-refractivity contribution >= 4 is 11.9 Å². The SMILES string of the molecule is COCCNC(=O)C[C@H]1CC[C@H](NC(=O)NC2CCCC2)[C@H](CO)O1. The number of ether oxygens (including phenoxy) is 2. The topological polar surface area (TPSA) is 109 Å². The van der Waals surface area contributed by atoms with Crippen molar-refractivity contribution in [3.05, 3.63) is 0 Å². The first-order chi connectivity index (χ1) is 12.1. The lowest BCUT2D eigenvalue weighted by atomic mass is 9.97. The zero-order valence-electron chi connectivity index (χ0n) is 15.0. The Balaban J connectivity index is 1.72. The summed E-state index contributed by atoms with van der Waals surface area (Å²) in [7, 11) is 1.58. The molecule has 0 aromatic carbocycles. The number of carbonyl (C=O) groups is 2. The Morgan fingerprint density at radius 1 is 1.16 bits per heavy atom. The Morgan fingerprint density at radius 3 is 2.60 bits per heavy atom. The second kappa shape index (κ2) is 10.6. The molecule has 0 spiro atoms. The van der Waals surface area contributed by atoms with Crippen LogP contribution in [0.15, 0.2) is 0 Å². The van der Waals surface area contributed by atoms with Crippen LogP contribution in [0.5, 0.6) is 0 Å². The highest BCUT2D eigenvalue weighted by molar-refractivity contribution is 5.76. The predicted molar refractivity (Wildman–Crippen MR) is 92.2 cm³/mol. The van der Waals surface area contributed by atoms with Crippen molar-refractivity contribution in [2.24, 2.45) is 0 Å². The van der Waals surface area contributed by atoms with E-state index in [2.05, 4.69) is 16.0 Å². The Bertz CT molecular complexity index is 429. The molecule has 1 heterocycles. The molecule has 2 rings (SSSR count). The van der Waals surface area contributed by atoms with Gasteiger partial charge in [0.25, 0.3) is 0 Å². The quantitative estimate of drug-likeness (QED) is 0.467. The molecule has 0 radical (unpaired) electrons. The number of aliphatic hydroxyl groups is 1. The number of nitrogens with one attached hydrogen (secondary N) is 3. The standard InChI is InChI=1S/C17H31N3O5/c1-24-9-8-18-16(22)10-13-6-7-14(15(11-21)25-13)20-17(23)19-12-4-2-3-5-12/h12-15,21H,2-11H2,1H3,(H,18,22)(H2,19,20,23)/t13-,14+,15+/m1/s1. The van der Waals surface area contributed by atoms with Crippen LogP contribution in [0.4, 0.5) is 4.79 Å². The van der Waals surface area contributed by atoms with Gasteiger partial charge in [0.15, 0.2) is 0 Å². The highest BCUT2D eigenvalue weighted by Gasteiger charge is 2.33. The van der Waals surface area contributed by atoms with Gasteiger partial charge in [0.05, 0.1) is 31.8 Å². The summed E-state index contributed by atoms with van der Waals surface area (Å²) in [5, 5.41) is 18.2.